The van der Waals surface area contributed by atoms with Gasteiger partial charge in [0, 0.05) is 74.1 Å². The number of carbonyl (C=O) groups excluding carboxylic acids is 2. The van der Waals surface area contributed by atoms with E-state index >= 15 is 0 Å². The van der Waals surface area contributed by atoms with Gasteiger partial charge in [0.25, 0.3) is 0 Å². The van der Waals surface area contributed by atoms with Crippen molar-refractivity contribution in [3.8, 4) is 0 Å². The van der Waals surface area contributed by atoms with Crippen molar-refractivity contribution < 1.29 is 18.0 Å². The van der Waals surface area contributed by atoms with E-state index in [-0.39, 0.29) is 29.8 Å². The molecule has 1 atom stereocenters. The molecule has 4 rings (SSSR count). The second-order valence-electron chi connectivity index (χ2n) is 9.38. The van der Waals surface area contributed by atoms with Crippen LogP contribution in [0, 0.1) is 0 Å². The van der Waals surface area contributed by atoms with Gasteiger partial charge < -0.3 is 20.5 Å². The molecule has 3 aromatic carbocycles. The van der Waals surface area contributed by atoms with Gasteiger partial charge in [-0.15, -0.1) is 0 Å². The maximum absolute atomic E-state index is 13.1. The number of aromatic nitrogens is 1. The molecule has 0 aliphatic heterocycles. The maximum Gasteiger partial charge on any atom is 0.242 e. The molecule has 0 saturated carbocycles. The molecule has 200 valence electrons. The minimum absolute atomic E-state index is 0.152. The number of H-pyrrole nitrogens is 1. The summed E-state index contributed by atoms with van der Waals surface area (Å²) in [5.41, 5.74) is 2.82. The molecular formula is C28H33N5O4S. The summed E-state index contributed by atoms with van der Waals surface area (Å²) >= 11 is 0. The fourth-order valence-electron chi connectivity index (χ4n) is 4.57. The third-order valence-corrected chi connectivity index (χ3v) is 7.89. The number of rotatable bonds is 11. The molecule has 0 bridgehead atoms. The second kappa shape index (κ2) is 11.7. The van der Waals surface area contributed by atoms with Crippen molar-refractivity contribution in [3.63, 3.8) is 0 Å². The van der Waals surface area contributed by atoms with Crippen molar-refractivity contribution in [3.05, 3.63) is 72.4 Å². The van der Waals surface area contributed by atoms with Crippen molar-refractivity contribution in [2.45, 2.75) is 30.7 Å². The summed E-state index contributed by atoms with van der Waals surface area (Å²) < 4.78 is 28.8. The van der Waals surface area contributed by atoms with Gasteiger partial charge in [-0.3, -0.25) is 9.59 Å². The first kappa shape index (κ1) is 27.2. The lowest BCUT2D eigenvalue weighted by Gasteiger charge is -2.18. The average Bonchev–Trinajstić information content (AvgIpc) is 3.29. The third kappa shape index (κ3) is 6.15. The SMILES string of the molecule is CC(=O)NC(Cc1c[nH]c2ccccc12)C(=O)NCCCNS(=O)(=O)c1cccc2c(N(C)C)cccc12. The van der Waals surface area contributed by atoms with Gasteiger partial charge in [-0.1, -0.05) is 42.5 Å². The highest BCUT2D eigenvalue weighted by Crippen LogP contribution is 2.30. The van der Waals surface area contributed by atoms with Crippen LogP contribution in [0.2, 0.25) is 0 Å². The van der Waals surface area contributed by atoms with Crippen molar-refractivity contribution in [2.75, 3.05) is 32.1 Å². The lowest BCUT2D eigenvalue weighted by atomic mass is 10.0. The van der Waals surface area contributed by atoms with E-state index in [2.05, 4.69) is 20.3 Å². The molecule has 38 heavy (non-hydrogen) atoms. The van der Waals surface area contributed by atoms with Gasteiger partial charge in [-0.2, -0.15) is 0 Å². The first-order valence-electron chi connectivity index (χ1n) is 12.5. The monoisotopic (exact) mass is 535 g/mol. The van der Waals surface area contributed by atoms with E-state index in [0.717, 1.165) is 27.5 Å². The highest BCUT2D eigenvalue weighted by atomic mass is 32.2. The highest BCUT2D eigenvalue weighted by Gasteiger charge is 2.22. The number of nitrogens with zero attached hydrogens (tertiary/aromatic N) is 1. The highest BCUT2D eigenvalue weighted by molar-refractivity contribution is 7.89. The summed E-state index contributed by atoms with van der Waals surface area (Å²) in [6.07, 6.45) is 2.56. The molecule has 10 heteroatoms. The zero-order valence-electron chi connectivity index (χ0n) is 21.7. The minimum Gasteiger partial charge on any atom is -0.377 e. The number of benzene rings is 3. The van der Waals surface area contributed by atoms with Gasteiger partial charge in [-0.05, 0) is 30.2 Å². The number of nitrogens with one attached hydrogen (secondary N) is 4. The number of hydrogen-bond acceptors (Lipinski definition) is 5. The Morgan fingerprint density at radius 2 is 1.63 bits per heavy atom. The predicted octanol–water partition coefficient (Wildman–Crippen LogP) is 2.92. The molecule has 2 amide bonds. The molecule has 1 unspecified atom stereocenters. The standard InChI is InChI=1S/C28H33N5O4S/c1-19(34)32-25(17-20-18-30-24-12-5-4-9-21(20)24)28(35)29-15-8-16-31-38(36,37)27-14-7-10-22-23(27)11-6-13-26(22)33(2)3/h4-7,9-14,18,25,30-31H,8,15-17H2,1-3H3,(H,29,35)(H,32,34). The minimum atomic E-state index is -3.76. The molecule has 9 nitrogen and oxygen atoms in total. The summed E-state index contributed by atoms with van der Waals surface area (Å²) in [5.74, 6) is -0.621. The lowest BCUT2D eigenvalue weighted by molar-refractivity contribution is -0.128. The van der Waals surface area contributed by atoms with Gasteiger partial charge in [0.2, 0.25) is 21.8 Å². The first-order valence-corrected chi connectivity index (χ1v) is 13.9. The summed E-state index contributed by atoms with van der Waals surface area (Å²) in [7, 11) is 0.0732. The molecule has 0 radical (unpaired) electrons. The second-order valence-corrected chi connectivity index (χ2v) is 11.1. The number of sulfonamides is 1. The Hall–Kier alpha value is -3.89. The van der Waals surface area contributed by atoms with Crippen LogP contribution in [0.4, 0.5) is 5.69 Å². The van der Waals surface area contributed by atoms with Crippen LogP contribution in [-0.2, 0) is 26.0 Å². The van der Waals surface area contributed by atoms with Gasteiger partial charge >= 0.3 is 0 Å². The van der Waals surface area contributed by atoms with E-state index in [4.69, 9.17) is 0 Å². The molecule has 0 aliphatic rings. The van der Waals surface area contributed by atoms with Crippen LogP contribution in [0.25, 0.3) is 21.7 Å². The smallest absolute Gasteiger partial charge is 0.242 e. The Morgan fingerprint density at radius 1 is 0.921 bits per heavy atom. The maximum atomic E-state index is 13.1. The Morgan fingerprint density at radius 3 is 2.39 bits per heavy atom. The fraction of sp³-hybridized carbons (Fsp3) is 0.286. The normalized spacial score (nSPS) is 12.4. The van der Waals surface area contributed by atoms with Crippen LogP contribution in [0.1, 0.15) is 18.9 Å². The Labute approximate surface area is 222 Å². The van der Waals surface area contributed by atoms with Crippen LogP contribution in [0.15, 0.2) is 71.8 Å². The van der Waals surface area contributed by atoms with Crippen LogP contribution < -0.4 is 20.3 Å². The molecular weight excluding hydrogens is 502 g/mol. The zero-order valence-corrected chi connectivity index (χ0v) is 22.6. The van der Waals surface area contributed by atoms with Gasteiger partial charge in [0.1, 0.15) is 6.04 Å². The zero-order chi connectivity index (χ0) is 27.3. The summed E-state index contributed by atoms with van der Waals surface area (Å²) in [4.78, 5) is 30.0. The van der Waals surface area contributed by atoms with Crippen LogP contribution in [0.3, 0.4) is 0 Å². The number of carbonyl (C=O) groups is 2. The molecule has 1 aromatic heterocycles. The van der Waals surface area contributed by atoms with E-state index in [9.17, 15) is 18.0 Å². The topological polar surface area (TPSA) is 123 Å². The number of anilines is 1. The van der Waals surface area contributed by atoms with E-state index in [0.29, 0.717) is 18.2 Å². The molecule has 0 aliphatic carbocycles. The number of para-hydroxylation sites is 1. The Bertz CT molecular complexity index is 1560. The van der Waals surface area contributed by atoms with Crippen molar-refractivity contribution >= 4 is 49.2 Å². The summed E-state index contributed by atoms with van der Waals surface area (Å²) in [5, 5.41) is 8.04. The number of fused-ring (bicyclic) bond motifs is 2. The Balaban J connectivity index is 1.35. The van der Waals surface area contributed by atoms with Gasteiger partial charge in [0.05, 0.1) is 4.90 Å². The quantitative estimate of drug-likeness (QED) is 0.220. The number of hydrogen-bond donors (Lipinski definition) is 4. The summed E-state index contributed by atoms with van der Waals surface area (Å²) in [6, 6.07) is 17.8. The molecule has 1 heterocycles. The molecule has 0 spiro atoms. The molecule has 4 aromatic rings. The number of aromatic amines is 1. The lowest BCUT2D eigenvalue weighted by Crippen LogP contribution is -2.47. The summed E-state index contributed by atoms with van der Waals surface area (Å²) in [6.45, 7) is 1.78. The third-order valence-electron chi connectivity index (χ3n) is 6.37. The fourth-order valence-corrected chi connectivity index (χ4v) is 5.87. The van der Waals surface area contributed by atoms with Gasteiger partial charge in [-0.25, -0.2) is 13.1 Å². The van der Waals surface area contributed by atoms with Crippen molar-refractivity contribution in [1.29, 1.82) is 0 Å². The number of amides is 2. The van der Waals surface area contributed by atoms with Gasteiger partial charge in [0.15, 0.2) is 0 Å². The van der Waals surface area contributed by atoms with E-state index in [1.807, 2.05) is 67.7 Å². The average molecular weight is 536 g/mol. The first-order chi connectivity index (χ1) is 18.2. The van der Waals surface area contributed by atoms with E-state index in [1.54, 1.807) is 18.2 Å². The van der Waals surface area contributed by atoms with E-state index < -0.39 is 16.1 Å². The Kier molecular flexibility index (Phi) is 8.33. The molecule has 0 fully saturated rings. The van der Waals surface area contributed by atoms with Crippen molar-refractivity contribution in [2.24, 2.45) is 0 Å². The van der Waals surface area contributed by atoms with Crippen LogP contribution >= 0.6 is 0 Å². The van der Waals surface area contributed by atoms with Crippen LogP contribution in [-0.4, -0.2) is 58.4 Å². The van der Waals surface area contributed by atoms with Crippen LogP contribution in [0.5, 0.6) is 0 Å². The largest absolute Gasteiger partial charge is 0.377 e. The van der Waals surface area contributed by atoms with E-state index in [1.165, 1.54) is 6.92 Å². The molecule has 4 N–H and O–H groups in total. The molecule has 0 saturated heterocycles. The van der Waals surface area contributed by atoms with Crippen molar-refractivity contribution in [1.82, 2.24) is 20.3 Å². The predicted molar refractivity (Wildman–Crippen MR) is 151 cm³/mol.